The normalized spacial score (nSPS) is 25.6. The molecule has 0 aromatic carbocycles. The van der Waals surface area contributed by atoms with Gasteiger partial charge in [-0.15, -0.1) is 0 Å². The molecule has 1 atom stereocenters. The molecule has 110 valence electrons. The molecule has 2 aliphatic rings. The van der Waals surface area contributed by atoms with E-state index in [9.17, 15) is 0 Å². The highest BCUT2D eigenvalue weighted by Gasteiger charge is 2.19. The topological polar surface area (TPSA) is 48.1 Å². The zero-order chi connectivity index (χ0) is 13.7. The summed E-state index contributed by atoms with van der Waals surface area (Å²) in [6.45, 7) is 9.87. The lowest BCUT2D eigenvalue weighted by atomic mass is 10.1. The van der Waals surface area contributed by atoms with Crippen molar-refractivity contribution in [3.05, 3.63) is 0 Å². The molecule has 0 amide bonds. The van der Waals surface area contributed by atoms with Gasteiger partial charge in [0.2, 0.25) is 0 Å². The van der Waals surface area contributed by atoms with Crippen molar-refractivity contribution in [3.8, 4) is 0 Å². The van der Waals surface area contributed by atoms with Crippen LogP contribution in [-0.4, -0.2) is 79.6 Å². The Hall–Kier alpha value is -0.810. The Kier molecular flexibility index (Phi) is 5.45. The van der Waals surface area contributed by atoms with Crippen molar-refractivity contribution in [1.29, 1.82) is 0 Å². The molecule has 5 nitrogen and oxygen atoms in total. The number of likely N-dealkylation sites (N-methyl/N-ethyl adjacent to an activating group) is 1. The SMILES string of the molecule is CC(CN=C(N)N1CCCCC1)N1CCN(C)CC1. The second kappa shape index (κ2) is 7.10. The van der Waals surface area contributed by atoms with Crippen LogP contribution in [0.3, 0.4) is 0 Å². The van der Waals surface area contributed by atoms with Gasteiger partial charge in [0, 0.05) is 45.3 Å². The average molecular weight is 267 g/mol. The maximum atomic E-state index is 6.10. The first-order chi connectivity index (χ1) is 9.16. The van der Waals surface area contributed by atoms with Crippen LogP contribution in [0, 0.1) is 0 Å². The van der Waals surface area contributed by atoms with Crippen LogP contribution in [0.5, 0.6) is 0 Å². The van der Waals surface area contributed by atoms with E-state index in [0.29, 0.717) is 6.04 Å². The predicted octanol–water partition coefficient (Wildman–Crippen LogP) is 0.423. The molecule has 0 aromatic rings. The second-order valence-corrected chi connectivity index (χ2v) is 5.93. The molecule has 1 unspecified atom stereocenters. The quantitative estimate of drug-likeness (QED) is 0.595. The number of hydrogen-bond donors (Lipinski definition) is 1. The summed E-state index contributed by atoms with van der Waals surface area (Å²) in [6.07, 6.45) is 3.84. The molecule has 2 saturated heterocycles. The number of piperidine rings is 1. The van der Waals surface area contributed by atoms with Crippen molar-refractivity contribution in [2.24, 2.45) is 10.7 Å². The molecule has 2 fully saturated rings. The summed E-state index contributed by atoms with van der Waals surface area (Å²) in [7, 11) is 2.19. The summed E-state index contributed by atoms with van der Waals surface area (Å²) in [6, 6.07) is 0.497. The molecule has 2 rings (SSSR count). The molecule has 0 radical (unpaired) electrons. The second-order valence-electron chi connectivity index (χ2n) is 5.93. The molecule has 0 bridgehead atoms. The maximum absolute atomic E-state index is 6.10. The third-order valence-electron chi connectivity index (χ3n) is 4.36. The number of piperazine rings is 1. The van der Waals surface area contributed by atoms with Gasteiger partial charge in [0.1, 0.15) is 0 Å². The van der Waals surface area contributed by atoms with Gasteiger partial charge in [-0.1, -0.05) is 0 Å². The molecule has 0 aromatic heterocycles. The zero-order valence-corrected chi connectivity index (χ0v) is 12.5. The van der Waals surface area contributed by atoms with Gasteiger partial charge in [0.05, 0.1) is 6.54 Å². The molecule has 5 heteroatoms. The number of guanidine groups is 1. The molecule has 2 aliphatic heterocycles. The van der Waals surface area contributed by atoms with E-state index in [4.69, 9.17) is 5.73 Å². The largest absolute Gasteiger partial charge is 0.370 e. The van der Waals surface area contributed by atoms with Crippen LogP contribution >= 0.6 is 0 Å². The number of hydrogen-bond acceptors (Lipinski definition) is 3. The number of likely N-dealkylation sites (tertiary alicyclic amines) is 1. The van der Waals surface area contributed by atoms with Crippen molar-refractivity contribution in [2.75, 3.05) is 52.9 Å². The standard InChI is InChI=1S/C14H29N5/c1-13(18-10-8-17(2)9-11-18)12-16-14(15)19-6-4-3-5-7-19/h13H,3-12H2,1-2H3,(H2,15,16). The molecular weight excluding hydrogens is 238 g/mol. The van der Waals surface area contributed by atoms with Gasteiger partial charge < -0.3 is 15.5 Å². The van der Waals surface area contributed by atoms with Crippen LogP contribution in [0.25, 0.3) is 0 Å². The fourth-order valence-electron chi connectivity index (χ4n) is 2.83. The van der Waals surface area contributed by atoms with Crippen molar-refractivity contribution >= 4 is 5.96 Å². The smallest absolute Gasteiger partial charge is 0.191 e. The Morgan fingerprint density at radius 2 is 1.68 bits per heavy atom. The molecular formula is C14H29N5. The fraction of sp³-hybridized carbons (Fsp3) is 0.929. The van der Waals surface area contributed by atoms with Crippen molar-refractivity contribution in [1.82, 2.24) is 14.7 Å². The summed E-state index contributed by atoms with van der Waals surface area (Å²) in [4.78, 5) is 11.7. The fourth-order valence-corrected chi connectivity index (χ4v) is 2.83. The van der Waals surface area contributed by atoms with Crippen LogP contribution in [-0.2, 0) is 0 Å². The van der Waals surface area contributed by atoms with Crippen LogP contribution in [0.15, 0.2) is 4.99 Å². The number of rotatable bonds is 3. The van der Waals surface area contributed by atoms with E-state index < -0.39 is 0 Å². The van der Waals surface area contributed by atoms with E-state index in [1.807, 2.05) is 0 Å². The van der Waals surface area contributed by atoms with Gasteiger partial charge in [-0.25, -0.2) is 0 Å². The highest BCUT2D eigenvalue weighted by atomic mass is 15.3. The minimum Gasteiger partial charge on any atom is -0.370 e. The Balaban J connectivity index is 1.76. The number of aliphatic imine (C=N–C) groups is 1. The van der Waals surface area contributed by atoms with E-state index in [1.54, 1.807) is 0 Å². The van der Waals surface area contributed by atoms with Gasteiger partial charge in [0.15, 0.2) is 5.96 Å². The Bertz CT molecular complexity index is 290. The summed E-state index contributed by atoms with van der Waals surface area (Å²) in [5.41, 5.74) is 6.10. The molecule has 0 spiro atoms. The summed E-state index contributed by atoms with van der Waals surface area (Å²) >= 11 is 0. The van der Waals surface area contributed by atoms with Crippen LogP contribution in [0.4, 0.5) is 0 Å². The van der Waals surface area contributed by atoms with E-state index in [2.05, 4.69) is 33.7 Å². The van der Waals surface area contributed by atoms with Gasteiger partial charge >= 0.3 is 0 Å². The van der Waals surface area contributed by atoms with Crippen LogP contribution < -0.4 is 5.73 Å². The Morgan fingerprint density at radius 3 is 2.32 bits per heavy atom. The lowest BCUT2D eigenvalue weighted by Crippen LogP contribution is -2.49. The number of nitrogens with two attached hydrogens (primary N) is 1. The van der Waals surface area contributed by atoms with Crippen LogP contribution in [0.2, 0.25) is 0 Å². The number of nitrogens with zero attached hydrogens (tertiary/aromatic N) is 4. The lowest BCUT2D eigenvalue weighted by Gasteiger charge is -2.36. The summed E-state index contributed by atoms with van der Waals surface area (Å²) in [5, 5.41) is 0. The minimum absolute atomic E-state index is 0.497. The molecule has 19 heavy (non-hydrogen) atoms. The third-order valence-corrected chi connectivity index (χ3v) is 4.36. The zero-order valence-electron chi connectivity index (χ0n) is 12.5. The van der Waals surface area contributed by atoms with Gasteiger partial charge in [-0.2, -0.15) is 0 Å². The Morgan fingerprint density at radius 1 is 1.05 bits per heavy atom. The van der Waals surface area contributed by atoms with Gasteiger partial charge in [-0.05, 0) is 33.2 Å². The molecule has 2 heterocycles. The van der Waals surface area contributed by atoms with Gasteiger partial charge in [-0.3, -0.25) is 9.89 Å². The van der Waals surface area contributed by atoms with Crippen molar-refractivity contribution < 1.29 is 0 Å². The summed E-state index contributed by atoms with van der Waals surface area (Å²) in [5.74, 6) is 0.751. The van der Waals surface area contributed by atoms with E-state index in [1.165, 1.54) is 19.3 Å². The van der Waals surface area contributed by atoms with E-state index in [-0.39, 0.29) is 0 Å². The first kappa shape index (κ1) is 14.6. The maximum Gasteiger partial charge on any atom is 0.191 e. The Labute approximate surface area is 117 Å². The molecule has 0 saturated carbocycles. The van der Waals surface area contributed by atoms with E-state index >= 15 is 0 Å². The summed E-state index contributed by atoms with van der Waals surface area (Å²) < 4.78 is 0. The minimum atomic E-state index is 0.497. The highest BCUT2D eigenvalue weighted by Crippen LogP contribution is 2.09. The van der Waals surface area contributed by atoms with Crippen LogP contribution in [0.1, 0.15) is 26.2 Å². The average Bonchev–Trinajstić information content (AvgIpc) is 2.46. The first-order valence-corrected chi connectivity index (χ1v) is 7.64. The van der Waals surface area contributed by atoms with Crippen molar-refractivity contribution in [2.45, 2.75) is 32.2 Å². The molecule has 0 aliphatic carbocycles. The van der Waals surface area contributed by atoms with Gasteiger partial charge in [0.25, 0.3) is 0 Å². The first-order valence-electron chi connectivity index (χ1n) is 7.64. The lowest BCUT2D eigenvalue weighted by molar-refractivity contribution is 0.122. The third kappa shape index (κ3) is 4.35. The van der Waals surface area contributed by atoms with E-state index in [0.717, 1.165) is 51.8 Å². The van der Waals surface area contributed by atoms with Crippen molar-refractivity contribution in [3.63, 3.8) is 0 Å². The monoisotopic (exact) mass is 267 g/mol. The predicted molar refractivity (Wildman–Crippen MR) is 80.4 cm³/mol. The molecule has 2 N–H and O–H groups in total. The highest BCUT2D eigenvalue weighted by molar-refractivity contribution is 5.78.